The maximum Gasteiger partial charge on any atom is 0.310 e. The highest BCUT2D eigenvalue weighted by Crippen LogP contribution is 2.60. The zero-order chi connectivity index (χ0) is 17.5. The molecule has 0 aliphatic heterocycles. The normalized spacial score (nSPS) is 30.0. The number of carbonyl (C=O) groups is 2. The number of Topliss-reactive ketones (excluding diaryl/α,β-unsaturated/α-hetero) is 1. The van der Waals surface area contributed by atoms with E-state index in [4.69, 9.17) is 4.74 Å². The standard InChI is InChI=1S/C19H26O4/c1-7-13(20)16-11(4)15(9-14(16)21)23-18(22)17-12(8-10(2)3)19(17,5)6/h7-8,12-13,15,17,20H,1,9H2,2-6H3/t12-,13-,15+,17+/m1/s1. The summed E-state index contributed by atoms with van der Waals surface area (Å²) in [7, 11) is 0. The molecule has 2 aliphatic rings. The molecule has 4 atom stereocenters. The van der Waals surface area contributed by atoms with Gasteiger partial charge in [-0.2, -0.15) is 0 Å². The van der Waals surface area contributed by atoms with Gasteiger partial charge in [0.2, 0.25) is 0 Å². The second kappa shape index (κ2) is 6.08. The molecule has 2 aliphatic carbocycles. The zero-order valence-corrected chi connectivity index (χ0v) is 14.6. The van der Waals surface area contributed by atoms with E-state index >= 15 is 0 Å². The van der Waals surface area contributed by atoms with Gasteiger partial charge in [-0.05, 0) is 37.7 Å². The average molecular weight is 318 g/mol. The van der Waals surface area contributed by atoms with Crippen molar-refractivity contribution in [3.8, 4) is 0 Å². The molecule has 0 radical (unpaired) electrons. The Morgan fingerprint density at radius 1 is 1.43 bits per heavy atom. The highest BCUT2D eigenvalue weighted by atomic mass is 16.5. The summed E-state index contributed by atoms with van der Waals surface area (Å²) in [6.07, 6.45) is 1.97. The van der Waals surface area contributed by atoms with Gasteiger partial charge >= 0.3 is 5.97 Å². The minimum atomic E-state index is -0.998. The van der Waals surface area contributed by atoms with Crippen LogP contribution in [0.4, 0.5) is 0 Å². The Morgan fingerprint density at radius 2 is 2.04 bits per heavy atom. The molecule has 126 valence electrons. The number of aliphatic hydroxyl groups excluding tert-OH is 1. The third kappa shape index (κ3) is 3.18. The first-order valence-corrected chi connectivity index (χ1v) is 8.01. The van der Waals surface area contributed by atoms with Gasteiger partial charge < -0.3 is 9.84 Å². The lowest BCUT2D eigenvalue weighted by atomic mass is 10.1. The molecule has 0 bridgehead atoms. The van der Waals surface area contributed by atoms with Crippen LogP contribution in [0.5, 0.6) is 0 Å². The van der Waals surface area contributed by atoms with E-state index < -0.39 is 12.2 Å². The second-order valence-electron chi connectivity index (χ2n) is 7.40. The summed E-state index contributed by atoms with van der Waals surface area (Å²) >= 11 is 0. The molecular formula is C19H26O4. The van der Waals surface area contributed by atoms with Crippen LogP contribution in [0.25, 0.3) is 0 Å². The van der Waals surface area contributed by atoms with Crippen LogP contribution in [0.15, 0.2) is 35.5 Å². The summed E-state index contributed by atoms with van der Waals surface area (Å²) in [5, 5.41) is 9.85. The molecule has 4 nitrogen and oxygen atoms in total. The molecule has 23 heavy (non-hydrogen) atoms. The molecule has 0 amide bonds. The average Bonchev–Trinajstić information content (AvgIpc) is 2.84. The first-order chi connectivity index (χ1) is 10.6. The number of rotatable bonds is 5. The van der Waals surface area contributed by atoms with Crippen molar-refractivity contribution in [2.75, 3.05) is 0 Å². The molecule has 0 aromatic rings. The minimum Gasteiger partial charge on any atom is -0.457 e. The van der Waals surface area contributed by atoms with E-state index in [0.717, 1.165) is 0 Å². The molecule has 1 saturated carbocycles. The number of ketones is 1. The first kappa shape index (κ1) is 17.7. The number of esters is 1. The highest BCUT2D eigenvalue weighted by Gasteiger charge is 2.61. The number of hydrogen-bond donors (Lipinski definition) is 1. The Morgan fingerprint density at radius 3 is 2.57 bits per heavy atom. The van der Waals surface area contributed by atoms with Crippen LogP contribution < -0.4 is 0 Å². The van der Waals surface area contributed by atoms with Crippen LogP contribution in [-0.4, -0.2) is 29.1 Å². The van der Waals surface area contributed by atoms with E-state index in [1.165, 1.54) is 11.6 Å². The molecule has 0 aromatic carbocycles. The monoisotopic (exact) mass is 318 g/mol. The van der Waals surface area contributed by atoms with Gasteiger partial charge in [0.15, 0.2) is 5.78 Å². The van der Waals surface area contributed by atoms with Crippen molar-refractivity contribution in [1.82, 2.24) is 0 Å². The first-order valence-electron chi connectivity index (χ1n) is 8.01. The van der Waals surface area contributed by atoms with Crippen molar-refractivity contribution in [3.63, 3.8) is 0 Å². The fourth-order valence-electron chi connectivity index (χ4n) is 3.48. The smallest absolute Gasteiger partial charge is 0.310 e. The third-order valence-corrected chi connectivity index (χ3v) is 5.03. The van der Waals surface area contributed by atoms with Crippen molar-refractivity contribution < 1.29 is 19.4 Å². The molecule has 1 fully saturated rings. The summed E-state index contributed by atoms with van der Waals surface area (Å²) in [6.45, 7) is 13.4. The number of aliphatic hydroxyl groups is 1. The lowest BCUT2D eigenvalue weighted by molar-refractivity contribution is -0.150. The SMILES string of the molecule is C=C[C@@H](O)C1=C(C)[C@@H](OC(=O)[C@@H]2[C@@H](C=C(C)C)C2(C)C)CC1=O. The summed E-state index contributed by atoms with van der Waals surface area (Å²) in [6, 6.07) is 0. The van der Waals surface area contributed by atoms with Crippen molar-refractivity contribution in [3.05, 3.63) is 35.5 Å². The zero-order valence-electron chi connectivity index (χ0n) is 14.6. The van der Waals surface area contributed by atoms with Gasteiger partial charge in [-0.1, -0.05) is 31.6 Å². The van der Waals surface area contributed by atoms with Gasteiger partial charge in [-0.25, -0.2) is 0 Å². The predicted molar refractivity (Wildman–Crippen MR) is 88.6 cm³/mol. The fraction of sp³-hybridized carbons (Fsp3) is 0.579. The molecule has 2 rings (SSSR count). The number of hydrogen-bond acceptors (Lipinski definition) is 4. The van der Waals surface area contributed by atoms with Crippen LogP contribution in [0.1, 0.15) is 41.0 Å². The van der Waals surface area contributed by atoms with Crippen molar-refractivity contribution in [2.24, 2.45) is 17.3 Å². The molecular weight excluding hydrogens is 292 g/mol. The molecule has 1 N–H and O–H groups in total. The number of carbonyl (C=O) groups excluding carboxylic acids is 2. The third-order valence-electron chi connectivity index (χ3n) is 5.03. The van der Waals surface area contributed by atoms with Gasteiger partial charge in [0.05, 0.1) is 12.3 Å². The summed E-state index contributed by atoms with van der Waals surface area (Å²) in [5.41, 5.74) is 2.02. The van der Waals surface area contributed by atoms with Crippen LogP contribution in [0, 0.1) is 17.3 Å². The van der Waals surface area contributed by atoms with E-state index in [0.29, 0.717) is 11.1 Å². The van der Waals surface area contributed by atoms with E-state index in [9.17, 15) is 14.7 Å². The topological polar surface area (TPSA) is 63.6 Å². The van der Waals surface area contributed by atoms with Crippen LogP contribution in [0.2, 0.25) is 0 Å². The van der Waals surface area contributed by atoms with Crippen LogP contribution >= 0.6 is 0 Å². The Balaban J connectivity index is 2.11. The summed E-state index contributed by atoms with van der Waals surface area (Å²) < 4.78 is 5.60. The fourth-order valence-corrected chi connectivity index (χ4v) is 3.48. The van der Waals surface area contributed by atoms with E-state index in [1.54, 1.807) is 6.92 Å². The molecule has 0 unspecified atom stereocenters. The Kier molecular flexibility index (Phi) is 4.67. The van der Waals surface area contributed by atoms with Gasteiger partial charge in [-0.3, -0.25) is 9.59 Å². The molecule has 0 saturated heterocycles. The minimum absolute atomic E-state index is 0.109. The molecule has 0 heterocycles. The number of allylic oxidation sites excluding steroid dienone is 2. The van der Waals surface area contributed by atoms with Gasteiger partial charge in [0.25, 0.3) is 0 Å². The maximum atomic E-state index is 12.5. The van der Waals surface area contributed by atoms with Crippen molar-refractivity contribution in [2.45, 2.75) is 53.2 Å². The van der Waals surface area contributed by atoms with E-state index in [1.807, 2.05) is 13.8 Å². The summed E-state index contributed by atoms with van der Waals surface area (Å²) in [5.74, 6) is -0.430. The Labute approximate surface area is 137 Å². The quantitative estimate of drug-likeness (QED) is 0.625. The van der Waals surface area contributed by atoms with E-state index in [-0.39, 0.29) is 35.4 Å². The lowest BCUT2D eigenvalue weighted by Crippen LogP contribution is -2.20. The summed E-state index contributed by atoms with van der Waals surface area (Å²) in [4.78, 5) is 24.5. The van der Waals surface area contributed by atoms with Crippen molar-refractivity contribution >= 4 is 11.8 Å². The van der Waals surface area contributed by atoms with Gasteiger partial charge in [0, 0.05) is 5.57 Å². The van der Waals surface area contributed by atoms with Gasteiger partial charge in [0.1, 0.15) is 12.2 Å². The molecule has 0 spiro atoms. The van der Waals surface area contributed by atoms with Crippen LogP contribution in [0.3, 0.4) is 0 Å². The highest BCUT2D eigenvalue weighted by molar-refractivity contribution is 6.01. The predicted octanol–water partition coefficient (Wildman–Crippen LogP) is 2.97. The molecule has 4 heteroatoms. The Bertz CT molecular complexity index is 605. The van der Waals surface area contributed by atoms with Crippen molar-refractivity contribution in [1.29, 1.82) is 0 Å². The van der Waals surface area contributed by atoms with Gasteiger partial charge in [-0.15, -0.1) is 6.58 Å². The number of ether oxygens (including phenoxy) is 1. The largest absolute Gasteiger partial charge is 0.457 e. The maximum absolute atomic E-state index is 12.5. The molecule has 0 aromatic heterocycles. The van der Waals surface area contributed by atoms with Crippen LogP contribution in [-0.2, 0) is 14.3 Å². The second-order valence-corrected chi connectivity index (χ2v) is 7.40. The Hall–Kier alpha value is -1.68. The lowest BCUT2D eigenvalue weighted by Gasteiger charge is -2.14. The van der Waals surface area contributed by atoms with E-state index in [2.05, 4.69) is 26.5 Å².